The molecule has 1 aliphatic heterocycles. The molecule has 0 aromatic heterocycles. The third kappa shape index (κ3) is 2.25. The van der Waals surface area contributed by atoms with Crippen LogP contribution in [0.4, 0.5) is 0 Å². The first-order chi connectivity index (χ1) is 7.68. The SMILES string of the molecule is CC(C)C1CC(c2ccccc2)=NOC1O. The van der Waals surface area contributed by atoms with Crippen molar-refractivity contribution in [2.24, 2.45) is 17.0 Å². The van der Waals surface area contributed by atoms with Gasteiger partial charge >= 0.3 is 0 Å². The van der Waals surface area contributed by atoms with Gasteiger partial charge in [-0.2, -0.15) is 0 Å². The molecule has 3 nitrogen and oxygen atoms in total. The Labute approximate surface area is 95.7 Å². The molecule has 3 heteroatoms. The van der Waals surface area contributed by atoms with Crippen molar-refractivity contribution in [1.82, 2.24) is 0 Å². The van der Waals surface area contributed by atoms with Crippen LogP contribution in [0.3, 0.4) is 0 Å². The Morgan fingerprint density at radius 2 is 2.00 bits per heavy atom. The maximum Gasteiger partial charge on any atom is 0.227 e. The van der Waals surface area contributed by atoms with Gasteiger partial charge in [0.05, 0.1) is 5.71 Å². The predicted octanol–water partition coefficient (Wildman–Crippen LogP) is 2.40. The van der Waals surface area contributed by atoms with Crippen LogP contribution in [0.25, 0.3) is 0 Å². The average molecular weight is 219 g/mol. The molecule has 0 saturated heterocycles. The molecular weight excluding hydrogens is 202 g/mol. The predicted molar refractivity (Wildman–Crippen MR) is 63.0 cm³/mol. The molecule has 0 aliphatic carbocycles. The van der Waals surface area contributed by atoms with Crippen LogP contribution in [-0.4, -0.2) is 17.1 Å². The van der Waals surface area contributed by atoms with Crippen molar-refractivity contribution in [3.63, 3.8) is 0 Å². The van der Waals surface area contributed by atoms with E-state index in [0.29, 0.717) is 5.92 Å². The van der Waals surface area contributed by atoms with E-state index in [4.69, 9.17) is 4.84 Å². The fraction of sp³-hybridized carbons (Fsp3) is 0.462. The summed E-state index contributed by atoms with van der Waals surface area (Å²) in [7, 11) is 0. The van der Waals surface area contributed by atoms with E-state index in [0.717, 1.165) is 17.7 Å². The molecule has 16 heavy (non-hydrogen) atoms. The zero-order valence-electron chi connectivity index (χ0n) is 9.63. The van der Waals surface area contributed by atoms with Gasteiger partial charge < -0.3 is 9.94 Å². The lowest BCUT2D eigenvalue weighted by molar-refractivity contribution is -0.150. The minimum Gasteiger partial charge on any atom is -0.363 e. The van der Waals surface area contributed by atoms with Crippen molar-refractivity contribution in [2.45, 2.75) is 26.6 Å². The summed E-state index contributed by atoms with van der Waals surface area (Å²) in [4.78, 5) is 5.06. The van der Waals surface area contributed by atoms with Crippen LogP contribution in [-0.2, 0) is 4.84 Å². The fourth-order valence-electron chi connectivity index (χ4n) is 1.92. The van der Waals surface area contributed by atoms with Crippen LogP contribution >= 0.6 is 0 Å². The van der Waals surface area contributed by atoms with Crippen molar-refractivity contribution in [3.05, 3.63) is 35.9 Å². The number of aliphatic hydroxyl groups excluding tert-OH is 1. The van der Waals surface area contributed by atoms with Gasteiger partial charge in [-0.05, 0) is 11.5 Å². The Hall–Kier alpha value is -1.35. The summed E-state index contributed by atoms with van der Waals surface area (Å²) >= 11 is 0. The Bertz CT molecular complexity index is 373. The molecule has 2 rings (SSSR count). The first kappa shape index (κ1) is 11.1. The topological polar surface area (TPSA) is 41.8 Å². The van der Waals surface area contributed by atoms with E-state index in [2.05, 4.69) is 19.0 Å². The normalized spacial score (nSPS) is 25.1. The highest BCUT2D eigenvalue weighted by Crippen LogP contribution is 2.27. The maximum atomic E-state index is 9.67. The summed E-state index contributed by atoms with van der Waals surface area (Å²) in [6.45, 7) is 4.18. The highest BCUT2D eigenvalue weighted by atomic mass is 16.7. The number of nitrogens with zero attached hydrogens (tertiary/aromatic N) is 1. The minimum absolute atomic E-state index is 0.118. The lowest BCUT2D eigenvalue weighted by Crippen LogP contribution is -2.33. The van der Waals surface area contributed by atoms with Crippen LogP contribution in [0.1, 0.15) is 25.8 Å². The Morgan fingerprint density at radius 3 is 2.62 bits per heavy atom. The van der Waals surface area contributed by atoms with Crippen molar-refractivity contribution in [2.75, 3.05) is 0 Å². The van der Waals surface area contributed by atoms with Crippen LogP contribution in [0.15, 0.2) is 35.5 Å². The quantitative estimate of drug-likeness (QED) is 0.829. The minimum atomic E-state index is -0.771. The van der Waals surface area contributed by atoms with Crippen molar-refractivity contribution < 1.29 is 9.94 Å². The van der Waals surface area contributed by atoms with Crippen LogP contribution in [0, 0.1) is 11.8 Å². The van der Waals surface area contributed by atoms with Gasteiger partial charge in [-0.15, -0.1) is 0 Å². The third-order valence-corrected chi connectivity index (χ3v) is 3.03. The molecule has 0 fully saturated rings. The van der Waals surface area contributed by atoms with Crippen molar-refractivity contribution in [1.29, 1.82) is 0 Å². The summed E-state index contributed by atoms with van der Waals surface area (Å²) < 4.78 is 0. The standard InChI is InChI=1S/C13H17NO2/c1-9(2)11-8-12(14-16-13(11)15)10-6-4-3-5-7-10/h3-7,9,11,13,15H,8H2,1-2H3. The van der Waals surface area contributed by atoms with E-state index in [-0.39, 0.29) is 5.92 Å². The molecule has 0 spiro atoms. The molecular formula is C13H17NO2. The second kappa shape index (κ2) is 4.66. The highest BCUT2D eigenvalue weighted by Gasteiger charge is 2.30. The van der Waals surface area contributed by atoms with E-state index >= 15 is 0 Å². The summed E-state index contributed by atoms with van der Waals surface area (Å²) in [6.07, 6.45) is -0.00416. The Kier molecular flexibility index (Phi) is 3.25. The number of hydrogen-bond donors (Lipinski definition) is 1. The van der Waals surface area contributed by atoms with Gasteiger partial charge in [0, 0.05) is 12.3 Å². The summed E-state index contributed by atoms with van der Waals surface area (Å²) in [5.74, 6) is 0.497. The molecule has 2 atom stereocenters. The van der Waals surface area contributed by atoms with Gasteiger partial charge in [-0.25, -0.2) is 0 Å². The lowest BCUT2D eigenvalue weighted by atomic mass is 9.87. The molecule has 2 unspecified atom stereocenters. The fourth-order valence-corrected chi connectivity index (χ4v) is 1.92. The smallest absolute Gasteiger partial charge is 0.227 e. The molecule has 1 aromatic carbocycles. The van der Waals surface area contributed by atoms with Crippen LogP contribution < -0.4 is 0 Å². The number of aliphatic hydroxyl groups is 1. The number of hydrogen-bond acceptors (Lipinski definition) is 3. The van der Waals surface area contributed by atoms with Crippen LogP contribution in [0.5, 0.6) is 0 Å². The molecule has 0 amide bonds. The van der Waals surface area contributed by atoms with E-state index < -0.39 is 6.29 Å². The second-order valence-electron chi connectivity index (χ2n) is 4.51. The van der Waals surface area contributed by atoms with Gasteiger partial charge in [-0.3, -0.25) is 0 Å². The van der Waals surface area contributed by atoms with E-state index in [1.165, 1.54) is 0 Å². The highest BCUT2D eigenvalue weighted by molar-refractivity contribution is 6.00. The van der Waals surface area contributed by atoms with Gasteiger partial charge in [0.2, 0.25) is 6.29 Å². The molecule has 1 heterocycles. The molecule has 1 aromatic rings. The summed E-state index contributed by atoms with van der Waals surface area (Å²) in [6, 6.07) is 9.96. The monoisotopic (exact) mass is 219 g/mol. The molecule has 1 N–H and O–H groups in total. The molecule has 0 saturated carbocycles. The maximum absolute atomic E-state index is 9.67. The van der Waals surface area contributed by atoms with Crippen molar-refractivity contribution in [3.8, 4) is 0 Å². The van der Waals surface area contributed by atoms with E-state index in [9.17, 15) is 5.11 Å². The first-order valence-electron chi connectivity index (χ1n) is 5.64. The number of benzene rings is 1. The van der Waals surface area contributed by atoms with Gasteiger partial charge in [0.25, 0.3) is 0 Å². The van der Waals surface area contributed by atoms with Gasteiger partial charge in [-0.1, -0.05) is 49.3 Å². The van der Waals surface area contributed by atoms with Crippen LogP contribution in [0.2, 0.25) is 0 Å². The first-order valence-corrected chi connectivity index (χ1v) is 5.64. The Morgan fingerprint density at radius 1 is 1.31 bits per heavy atom. The zero-order valence-corrected chi connectivity index (χ0v) is 9.63. The molecule has 1 aliphatic rings. The zero-order chi connectivity index (χ0) is 11.5. The third-order valence-electron chi connectivity index (χ3n) is 3.03. The lowest BCUT2D eigenvalue weighted by Gasteiger charge is -2.29. The Balaban J connectivity index is 2.19. The summed E-state index contributed by atoms with van der Waals surface area (Å²) in [5, 5.41) is 13.7. The van der Waals surface area contributed by atoms with Crippen molar-refractivity contribution >= 4 is 5.71 Å². The molecule has 0 bridgehead atoms. The molecule has 0 radical (unpaired) electrons. The van der Waals surface area contributed by atoms with Gasteiger partial charge in [0.15, 0.2) is 0 Å². The molecule has 86 valence electrons. The second-order valence-corrected chi connectivity index (χ2v) is 4.51. The van der Waals surface area contributed by atoms with Gasteiger partial charge in [0.1, 0.15) is 0 Å². The number of oxime groups is 1. The number of rotatable bonds is 2. The van der Waals surface area contributed by atoms with E-state index in [1.807, 2.05) is 30.3 Å². The largest absolute Gasteiger partial charge is 0.363 e. The average Bonchev–Trinajstić information content (AvgIpc) is 2.30. The summed E-state index contributed by atoms with van der Waals surface area (Å²) in [5.41, 5.74) is 1.99. The van der Waals surface area contributed by atoms with E-state index in [1.54, 1.807) is 0 Å².